The van der Waals surface area contributed by atoms with Crippen LogP contribution in [0.2, 0.25) is 5.02 Å². The number of fused-ring (bicyclic) bond motifs is 1. The van der Waals surface area contributed by atoms with Gasteiger partial charge in [0.25, 0.3) is 5.91 Å². The number of pyridine rings is 1. The van der Waals surface area contributed by atoms with Crippen molar-refractivity contribution >= 4 is 40.7 Å². The maximum Gasteiger partial charge on any atom is 0.254 e. The largest absolute Gasteiger partial charge is 0.490 e. The number of nitrogens with one attached hydrogen (secondary N) is 2. The Morgan fingerprint density at radius 3 is 2.41 bits per heavy atom. The molecule has 0 bridgehead atoms. The van der Waals surface area contributed by atoms with E-state index in [1.807, 2.05) is 23.0 Å². The summed E-state index contributed by atoms with van der Waals surface area (Å²) in [6.45, 7) is 9.75. The number of likely N-dealkylation sites (tertiary alicyclic amines) is 1. The number of rotatable bonds is 18. The van der Waals surface area contributed by atoms with Gasteiger partial charge in [-0.05, 0) is 133 Å². The van der Waals surface area contributed by atoms with E-state index in [-0.39, 0.29) is 24.7 Å². The molecular formula is C52H67ClN12O4. The van der Waals surface area contributed by atoms with Crippen LogP contribution in [0.3, 0.4) is 0 Å². The van der Waals surface area contributed by atoms with Gasteiger partial charge < -0.3 is 39.9 Å². The molecule has 1 amide bonds. The van der Waals surface area contributed by atoms with Crippen molar-refractivity contribution in [2.75, 3.05) is 67.6 Å². The third-order valence-corrected chi connectivity index (χ3v) is 15.1. The normalized spacial score (nSPS) is 20.7. The Morgan fingerprint density at radius 1 is 0.884 bits per heavy atom. The quantitative estimate of drug-likeness (QED) is 0.0772. The van der Waals surface area contributed by atoms with Gasteiger partial charge in [-0.3, -0.25) is 4.79 Å². The van der Waals surface area contributed by atoms with E-state index < -0.39 is 0 Å². The molecule has 1 atom stereocenters. The first-order valence-corrected chi connectivity index (χ1v) is 25.7. The Labute approximate surface area is 410 Å². The standard InChI is InChI=1S/C52H67ClN12O4/c1-2-39-34-59-65-47(28-48(61-50(39)65)64-20-4-3-5-43(64)18-25-66)55-30-38-6-13-49(56-31-38)68-26-19-36-14-21-62(22-15-36)35-37-16-23-63(24-17-37)52-57-32-41(33-58-52)51(67)60-42-8-11-44(12-9-42)69-45-10-7-40(29-54)46(53)27-45/h6-7,10,13,27-28,31-34,36-37,42-44,55,66H,2-5,8-9,11-12,14-26,30,35H2,1H3,(H,60,67)/t42-,43?,44-. The van der Waals surface area contributed by atoms with Gasteiger partial charge in [-0.25, -0.2) is 19.9 Å². The van der Waals surface area contributed by atoms with Gasteiger partial charge in [-0.2, -0.15) is 14.9 Å². The summed E-state index contributed by atoms with van der Waals surface area (Å²) in [5.74, 6) is 5.01. The maximum absolute atomic E-state index is 13.1. The number of piperidine rings is 3. The van der Waals surface area contributed by atoms with Crippen LogP contribution < -0.4 is 29.9 Å². The van der Waals surface area contributed by atoms with Crippen LogP contribution in [0.15, 0.2) is 61.2 Å². The van der Waals surface area contributed by atoms with Crippen LogP contribution in [0.1, 0.15) is 117 Å². The molecule has 16 nitrogen and oxygen atoms in total. The van der Waals surface area contributed by atoms with Gasteiger partial charge in [-0.1, -0.05) is 24.6 Å². The van der Waals surface area contributed by atoms with Crippen molar-refractivity contribution in [2.45, 2.75) is 122 Å². The smallest absolute Gasteiger partial charge is 0.254 e. The third kappa shape index (κ3) is 12.3. The van der Waals surface area contributed by atoms with Crippen LogP contribution in [0.5, 0.6) is 11.6 Å². The minimum absolute atomic E-state index is 0.0417. The van der Waals surface area contributed by atoms with Gasteiger partial charge in [0.15, 0.2) is 5.65 Å². The van der Waals surface area contributed by atoms with Crippen LogP contribution in [-0.4, -0.2) is 116 Å². The summed E-state index contributed by atoms with van der Waals surface area (Å²) in [7, 11) is 0. The highest BCUT2D eigenvalue weighted by atomic mass is 35.5. The molecule has 4 aliphatic rings. The Balaban J connectivity index is 0.650. The van der Waals surface area contributed by atoms with Crippen molar-refractivity contribution in [3.8, 4) is 17.7 Å². The number of aromatic nitrogens is 6. The van der Waals surface area contributed by atoms with Crippen LogP contribution >= 0.6 is 11.6 Å². The predicted molar refractivity (Wildman–Crippen MR) is 267 cm³/mol. The van der Waals surface area contributed by atoms with Crippen LogP contribution in [0, 0.1) is 23.2 Å². The number of nitriles is 1. The highest BCUT2D eigenvalue weighted by Gasteiger charge is 2.29. The molecule has 3 saturated heterocycles. The van der Waals surface area contributed by atoms with Crippen molar-refractivity contribution in [1.29, 1.82) is 5.26 Å². The van der Waals surface area contributed by atoms with E-state index in [9.17, 15) is 9.90 Å². The minimum atomic E-state index is -0.145. The number of aliphatic hydroxyl groups excluding tert-OH is 1. The number of aliphatic hydroxyl groups is 1. The fourth-order valence-corrected chi connectivity index (χ4v) is 10.8. The molecule has 3 aliphatic heterocycles. The van der Waals surface area contributed by atoms with Crippen molar-refractivity contribution in [1.82, 2.24) is 39.8 Å². The number of carbonyl (C=O) groups is 1. The third-order valence-electron chi connectivity index (χ3n) is 14.7. The molecule has 0 spiro atoms. The first-order valence-electron chi connectivity index (χ1n) is 25.4. The van der Waals surface area contributed by atoms with Crippen molar-refractivity contribution in [2.24, 2.45) is 11.8 Å². The van der Waals surface area contributed by atoms with E-state index in [4.69, 9.17) is 31.3 Å². The molecule has 69 heavy (non-hydrogen) atoms. The number of nitrogens with zero attached hydrogens (tertiary/aromatic N) is 10. The Bertz CT molecular complexity index is 2490. The van der Waals surface area contributed by atoms with Crippen LogP contribution in [-0.2, 0) is 13.0 Å². The van der Waals surface area contributed by atoms with E-state index in [2.05, 4.69) is 70.5 Å². The molecule has 17 heteroatoms. The lowest BCUT2D eigenvalue weighted by Gasteiger charge is -2.37. The molecule has 1 unspecified atom stereocenters. The number of halogens is 1. The molecular weight excluding hydrogens is 892 g/mol. The Kier molecular flexibility index (Phi) is 16.3. The molecule has 9 rings (SSSR count). The summed E-state index contributed by atoms with van der Waals surface area (Å²) in [6, 6.07) is 13.7. The van der Waals surface area contributed by atoms with Gasteiger partial charge in [0.1, 0.15) is 23.5 Å². The zero-order valence-corrected chi connectivity index (χ0v) is 40.7. The summed E-state index contributed by atoms with van der Waals surface area (Å²) in [6.07, 6.45) is 21.0. The highest BCUT2D eigenvalue weighted by molar-refractivity contribution is 6.31. The van der Waals surface area contributed by atoms with E-state index in [1.165, 1.54) is 19.3 Å². The minimum Gasteiger partial charge on any atom is -0.490 e. The fourth-order valence-electron chi connectivity index (χ4n) is 10.6. The van der Waals surface area contributed by atoms with E-state index >= 15 is 0 Å². The number of aryl methyl sites for hydroxylation is 1. The number of carbonyl (C=O) groups excluding carboxylic acids is 1. The molecule has 366 valence electrons. The molecule has 1 saturated carbocycles. The zero-order chi connectivity index (χ0) is 47.5. The number of ether oxygens (including phenoxy) is 2. The predicted octanol–water partition coefficient (Wildman–Crippen LogP) is 7.87. The van der Waals surface area contributed by atoms with Crippen molar-refractivity contribution < 1.29 is 19.4 Å². The molecule has 1 aliphatic carbocycles. The van der Waals surface area contributed by atoms with Crippen molar-refractivity contribution in [3.63, 3.8) is 0 Å². The van der Waals surface area contributed by atoms with Gasteiger partial charge in [0.2, 0.25) is 11.8 Å². The molecule has 4 fully saturated rings. The molecule has 0 radical (unpaired) electrons. The van der Waals surface area contributed by atoms with Gasteiger partial charge >= 0.3 is 0 Å². The average molecular weight is 960 g/mol. The fraction of sp³-hybridized carbons (Fsp3) is 0.558. The second-order valence-electron chi connectivity index (χ2n) is 19.4. The maximum atomic E-state index is 13.1. The number of hydrogen-bond donors (Lipinski definition) is 3. The van der Waals surface area contributed by atoms with E-state index in [0.717, 1.165) is 138 Å². The van der Waals surface area contributed by atoms with Crippen LogP contribution in [0.4, 0.5) is 17.6 Å². The van der Waals surface area contributed by atoms with E-state index in [1.54, 1.807) is 30.6 Å². The Morgan fingerprint density at radius 2 is 1.68 bits per heavy atom. The molecule has 7 heterocycles. The average Bonchev–Trinajstić information content (AvgIpc) is 3.81. The zero-order valence-electron chi connectivity index (χ0n) is 39.9. The number of amides is 1. The number of hydrogen-bond acceptors (Lipinski definition) is 14. The lowest BCUT2D eigenvalue weighted by Crippen LogP contribution is -2.42. The molecule has 5 aromatic rings. The lowest BCUT2D eigenvalue weighted by atomic mass is 9.91. The number of benzene rings is 1. The monoisotopic (exact) mass is 959 g/mol. The first-order chi connectivity index (χ1) is 33.8. The summed E-state index contributed by atoms with van der Waals surface area (Å²) < 4.78 is 14.2. The molecule has 3 N–H and O–H groups in total. The topological polar surface area (TPSA) is 182 Å². The summed E-state index contributed by atoms with van der Waals surface area (Å²) in [4.78, 5) is 39.3. The van der Waals surface area contributed by atoms with Crippen molar-refractivity contribution in [3.05, 3.63) is 88.5 Å². The van der Waals surface area contributed by atoms with Gasteiger partial charge in [-0.15, -0.1) is 0 Å². The molecule has 4 aromatic heterocycles. The molecule has 1 aromatic carbocycles. The summed E-state index contributed by atoms with van der Waals surface area (Å²) in [5, 5.41) is 30.7. The summed E-state index contributed by atoms with van der Waals surface area (Å²) in [5.41, 5.74) is 3.96. The number of anilines is 3. The SMILES string of the molecule is CCc1cnn2c(NCc3ccc(OCCC4CCN(CC5CCN(c6ncc(C(=O)N[C@H]7CC[C@H](Oc8ccc(C#N)c(Cl)c8)CC7)cn6)CC5)CC4)nc3)cc(N3CCCCC3CCO)nc12. The first kappa shape index (κ1) is 48.3. The second kappa shape index (κ2) is 23.2. The van der Waals surface area contributed by atoms with Gasteiger partial charge in [0, 0.05) is 93.8 Å². The highest BCUT2D eigenvalue weighted by Crippen LogP contribution is 2.31. The van der Waals surface area contributed by atoms with Gasteiger partial charge in [0.05, 0.1) is 35.1 Å². The Hall–Kier alpha value is -5.76. The van der Waals surface area contributed by atoms with E-state index in [0.29, 0.717) is 64.8 Å². The summed E-state index contributed by atoms with van der Waals surface area (Å²) >= 11 is 6.17. The lowest BCUT2D eigenvalue weighted by molar-refractivity contribution is 0.0893. The second-order valence-corrected chi connectivity index (χ2v) is 19.8. The van der Waals surface area contributed by atoms with Crippen LogP contribution in [0.25, 0.3) is 5.65 Å².